The fraction of sp³-hybridized carbons (Fsp3) is 0.0769. The van der Waals surface area contributed by atoms with Crippen LogP contribution in [0.4, 0.5) is 5.82 Å². The van der Waals surface area contributed by atoms with Crippen LogP contribution in [0.3, 0.4) is 0 Å². The van der Waals surface area contributed by atoms with Crippen LogP contribution >= 0.6 is 34.5 Å². The van der Waals surface area contributed by atoms with Gasteiger partial charge >= 0.3 is 0 Å². The van der Waals surface area contributed by atoms with Gasteiger partial charge in [0.25, 0.3) is 0 Å². The number of anilines is 1. The van der Waals surface area contributed by atoms with Crippen LogP contribution in [0, 0.1) is 6.92 Å². The van der Waals surface area contributed by atoms with E-state index in [-0.39, 0.29) is 0 Å². The molecule has 0 aliphatic carbocycles. The summed E-state index contributed by atoms with van der Waals surface area (Å²) in [6.45, 7) is 1.92. The predicted molar refractivity (Wildman–Crippen MR) is 82.2 cm³/mol. The van der Waals surface area contributed by atoms with Crippen LogP contribution < -0.4 is 5.73 Å². The molecule has 0 saturated carbocycles. The molecular formula is C13H9Cl2N3OS. The first kappa shape index (κ1) is 13.4. The first-order valence-electron chi connectivity index (χ1n) is 5.69. The minimum Gasteiger partial charge on any atom is -0.380 e. The maximum atomic E-state index is 6.05. The van der Waals surface area contributed by atoms with Crippen molar-refractivity contribution in [1.29, 1.82) is 0 Å². The second-order valence-electron chi connectivity index (χ2n) is 4.15. The van der Waals surface area contributed by atoms with Gasteiger partial charge in [0.05, 0.1) is 20.6 Å². The lowest BCUT2D eigenvalue weighted by Crippen LogP contribution is -1.89. The Morgan fingerprint density at radius 2 is 2.05 bits per heavy atom. The van der Waals surface area contributed by atoms with Gasteiger partial charge in [0.1, 0.15) is 5.69 Å². The molecule has 2 heterocycles. The van der Waals surface area contributed by atoms with Crippen LogP contribution in [0.1, 0.15) is 5.01 Å². The Morgan fingerprint density at radius 1 is 1.25 bits per heavy atom. The standard InChI is InChI=1S/C13H9Cl2N3OS/c1-6-17-10(5-20-6)12-11(13(16)18-19-12)7-2-3-8(14)9(15)4-7/h2-5H,1H3,(H2,16,18). The lowest BCUT2D eigenvalue weighted by Gasteiger charge is -2.03. The minimum absolute atomic E-state index is 0.295. The first-order valence-corrected chi connectivity index (χ1v) is 7.33. The average Bonchev–Trinajstić information content (AvgIpc) is 2.99. The van der Waals surface area contributed by atoms with Crippen LogP contribution in [0.5, 0.6) is 0 Å². The molecule has 1 aromatic carbocycles. The molecule has 0 bridgehead atoms. The van der Waals surface area contributed by atoms with Gasteiger partial charge in [-0.2, -0.15) is 0 Å². The Morgan fingerprint density at radius 3 is 2.70 bits per heavy atom. The molecule has 0 radical (unpaired) electrons. The van der Waals surface area contributed by atoms with Gasteiger partial charge in [-0.1, -0.05) is 34.4 Å². The van der Waals surface area contributed by atoms with E-state index in [1.807, 2.05) is 18.4 Å². The van der Waals surface area contributed by atoms with Crippen molar-refractivity contribution in [1.82, 2.24) is 10.1 Å². The number of rotatable bonds is 2. The molecule has 7 heteroatoms. The zero-order chi connectivity index (χ0) is 14.3. The molecule has 0 fully saturated rings. The molecule has 2 aromatic heterocycles. The molecule has 0 spiro atoms. The zero-order valence-corrected chi connectivity index (χ0v) is 12.7. The number of hydrogen-bond donors (Lipinski definition) is 1. The molecule has 102 valence electrons. The number of nitrogens with two attached hydrogens (primary N) is 1. The smallest absolute Gasteiger partial charge is 0.196 e. The second kappa shape index (κ2) is 5.09. The van der Waals surface area contributed by atoms with E-state index >= 15 is 0 Å². The normalized spacial score (nSPS) is 10.9. The zero-order valence-electron chi connectivity index (χ0n) is 10.4. The summed E-state index contributed by atoms with van der Waals surface area (Å²) in [5.74, 6) is 0.828. The highest BCUT2D eigenvalue weighted by Crippen LogP contribution is 2.38. The number of halogens is 2. The number of nitrogen functional groups attached to an aromatic ring is 1. The predicted octanol–water partition coefficient (Wildman–Crippen LogP) is 4.66. The van der Waals surface area contributed by atoms with E-state index in [0.29, 0.717) is 32.9 Å². The SMILES string of the molecule is Cc1nc(-c2onc(N)c2-c2ccc(Cl)c(Cl)c2)cs1. The van der Waals surface area contributed by atoms with Gasteiger partial charge in [-0.25, -0.2) is 4.98 Å². The Labute approximate surface area is 129 Å². The number of aromatic nitrogens is 2. The third-order valence-electron chi connectivity index (χ3n) is 2.78. The van der Waals surface area contributed by atoms with Crippen LogP contribution in [-0.2, 0) is 0 Å². The number of hydrogen-bond acceptors (Lipinski definition) is 5. The molecule has 2 N–H and O–H groups in total. The topological polar surface area (TPSA) is 64.9 Å². The fourth-order valence-electron chi connectivity index (χ4n) is 1.88. The fourth-order valence-corrected chi connectivity index (χ4v) is 2.77. The van der Waals surface area contributed by atoms with Crippen molar-refractivity contribution in [3.63, 3.8) is 0 Å². The Bertz CT molecular complexity index is 782. The highest BCUT2D eigenvalue weighted by Gasteiger charge is 2.20. The monoisotopic (exact) mass is 325 g/mol. The molecule has 4 nitrogen and oxygen atoms in total. The average molecular weight is 326 g/mol. The molecule has 0 unspecified atom stereocenters. The summed E-state index contributed by atoms with van der Waals surface area (Å²) in [6, 6.07) is 5.26. The maximum absolute atomic E-state index is 6.05. The summed E-state index contributed by atoms with van der Waals surface area (Å²) >= 11 is 13.5. The molecule has 3 aromatic rings. The van der Waals surface area contributed by atoms with E-state index in [0.717, 1.165) is 10.6 Å². The lowest BCUT2D eigenvalue weighted by atomic mass is 10.0. The molecule has 20 heavy (non-hydrogen) atoms. The van der Waals surface area contributed by atoms with Gasteiger partial charge in [-0.15, -0.1) is 11.3 Å². The Hall–Kier alpha value is -1.56. The molecule has 0 atom stereocenters. The van der Waals surface area contributed by atoms with Gasteiger partial charge in [-0.3, -0.25) is 0 Å². The molecule has 0 aliphatic rings. The van der Waals surface area contributed by atoms with E-state index < -0.39 is 0 Å². The van der Waals surface area contributed by atoms with Crippen molar-refractivity contribution in [2.24, 2.45) is 0 Å². The summed E-state index contributed by atoms with van der Waals surface area (Å²) in [5, 5.41) is 7.59. The van der Waals surface area contributed by atoms with E-state index in [9.17, 15) is 0 Å². The molecule has 0 amide bonds. The third kappa shape index (κ3) is 2.28. The summed E-state index contributed by atoms with van der Waals surface area (Å²) in [7, 11) is 0. The summed E-state index contributed by atoms with van der Waals surface area (Å²) in [6.07, 6.45) is 0. The van der Waals surface area contributed by atoms with Crippen molar-refractivity contribution in [3.8, 4) is 22.6 Å². The maximum Gasteiger partial charge on any atom is 0.196 e. The van der Waals surface area contributed by atoms with E-state index in [1.165, 1.54) is 11.3 Å². The van der Waals surface area contributed by atoms with Gasteiger partial charge in [-0.05, 0) is 24.6 Å². The number of nitrogens with zero attached hydrogens (tertiary/aromatic N) is 2. The third-order valence-corrected chi connectivity index (χ3v) is 4.29. The van der Waals surface area contributed by atoms with Crippen LogP contribution in [0.15, 0.2) is 28.1 Å². The Kier molecular flexibility index (Phi) is 3.41. The van der Waals surface area contributed by atoms with Crippen molar-refractivity contribution in [3.05, 3.63) is 38.6 Å². The second-order valence-corrected chi connectivity index (χ2v) is 6.03. The van der Waals surface area contributed by atoms with E-state index in [2.05, 4.69) is 10.1 Å². The van der Waals surface area contributed by atoms with Gasteiger partial charge < -0.3 is 10.3 Å². The van der Waals surface area contributed by atoms with Gasteiger partial charge in [0.15, 0.2) is 11.6 Å². The van der Waals surface area contributed by atoms with Gasteiger partial charge in [0, 0.05) is 5.38 Å². The van der Waals surface area contributed by atoms with Gasteiger partial charge in [0.2, 0.25) is 0 Å². The Balaban J connectivity index is 2.18. The quantitative estimate of drug-likeness (QED) is 0.744. The highest BCUT2D eigenvalue weighted by molar-refractivity contribution is 7.09. The highest BCUT2D eigenvalue weighted by atomic mass is 35.5. The molecule has 0 aliphatic heterocycles. The summed E-state index contributed by atoms with van der Waals surface area (Å²) in [5.41, 5.74) is 8.07. The van der Waals surface area contributed by atoms with E-state index in [1.54, 1.807) is 12.1 Å². The van der Waals surface area contributed by atoms with Crippen molar-refractivity contribution < 1.29 is 4.52 Å². The minimum atomic E-state index is 0.295. The number of aryl methyl sites for hydroxylation is 1. The lowest BCUT2D eigenvalue weighted by molar-refractivity contribution is 0.435. The van der Waals surface area contributed by atoms with Crippen molar-refractivity contribution in [2.45, 2.75) is 6.92 Å². The van der Waals surface area contributed by atoms with Crippen molar-refractivity contribution >= 4 is 40.4 Å². The summed E-state index contributed by atoms with van der Waals surface area (Å²) < 4.78 is 5.31. The van der Waals surface area contributed by atoms with Crippen LogP contribution in [0.2, 0.25) is 10.0 Å². The number of thiazole rings is 1. The molecule has 3 rings (SSSR count). The van der Waals surface area contributed by atoms with Crippen LogP contribution in [0.25, 0.3) is 22.6 Å². The largest absolute Gasteiger partial charge is 0.380 e. The first-order chi connectivity index (χ1) is 9.56. The number of benzene rings is 1. The molecule has 0 saturated heterocycles. The summed E-state index contributed by atoms with van der Waals surface area (Å²) in [4.78, 5) is 4.39. The van der Waals surface area contributed by atoms with Crippen molar-refractivity contribution in [2.75, 3.05) is 5.73 Å². The van der Waals surface area contributed by atoms with E-state index in [4.69, 9.17) is 33.5 Å². The molecular weight excluding hydrogens is 317 g/mol. The van der Waals surface area contributed by atoms with Crippen LogP contribution in [-0.4, -0.2) is 10.1 Å².